The van der Waals surface area contributed by atoms with Gasteiger partial charge in [-0.05, 0) is 74.4 Å². The minimum absolute atomic E-state index is 0.00512. The van der Waals surface area contributed by atoms with E-state index in [1.54, 1.807) is 67.6 Å². The van der Waals surface area contributed by atoms with Crippen LogP contribution in [0.15, 0.2) is 108 Å². The molecule has 1 unspecified atom stereocenters. The van der Waals surface area contributed by atoms with Gasteiger partial charge in [-0.3, -0.25) is 13.9 Å². The van der Waals surface area contributed by atoms with Crippen molar-refractivity contribution >= 4 is 39.1 Å². The molecule has 0 bridgehead atoms. The van der Waals surface area contributed by atoms with Crippen LogP contribution in [0.2, 0.25) is 5.02 Å². The second-order valence-corrected chi connectivity index (χ2v) is 12.7. The van der Waals surface area contributed by atoms with Gasteiger partial charge in [0.1, 0.15) is 18.3 Å². The molecule has 0 aliphatic heterocycles. The van der Waals surface area contributed by atoms with Gasteiger partial charge in [0.25, 0.3) is 10.0 Å². The first-order valence-electron chi connectivity index (χ1n) is 14.8. The van der Waals surface area contributed by atoms with E-state index in [0.29, 0.717) is 29.5 Å². The Bertz CT molecular complexity index is 1680. The molecular weight excluding hydrogens is 610 g/mol. The number of hydrogen-bond acceptors (Lipinski definition) is 5. The first-order chi connectivity index (χ1) is 21.6. The lowest BCUT2D eigenvalue weighted by Gasteiger charge is -2.34. The number of halogens is 1. The van der Waals surface area contributed by atoms with Crippen LogP contribution in [0, 0.1) is 6.92 Å². The summed E-state index contributed by atoms with van der Waals surface area (Å²) in [5, 5.41) is 3.29. The van der Waals surface area contributed by atoms with Gasteiger partial charge >= 0.3 is 0 Å². The third kappa shape index (κ3) is 8.65. The number of anilines is 1. The molecule has 0 saturated heterocycles. The second kappa shape index (κ2) is 15.6. The van der Waals surface area contributed by atoms with Gasteiger partial charge in [-0.15, -0.1) is 0 Å². The van der Waals surface area contributed by atoms with Crippen molar-refractivity contribution in [2.45, 2.75) is 44.7 Å². The zero-order valence-corrected chi connectivity index (χ0v) is 27.2. The zero-order valence-electron chi connectivity index (χ0n) is 25.6. The number of nitrogens with zero attached hydrogens (tertiary/aromatic N) is 2. The summed E-state index contributed by atoms with van der Waals surface area (Å²) >= 11 is 6.53. The van der Waals surface area contributed by atoms with Crippen LogP contribution in [-0.4, -0.2) is 50.9 Å². The van der Waals surface area contributed by atoms with Crippen LogP contribution < -0.4 is 14.4 Å². The maximum Gasteiger partial charge on any atom is 0.264 e. The SMILES string of the molecule is CCNC(=O)C(Cc1ccccc1)N(Cc1ccccc1Cl)C(=O)CN(c1ccc(OCC)cc1)S(=O)(=O)c1ccc(C)cc1. The Morgan fingerprint density at radius 2 is 1.51 bits per heavy atom. The van der Waals surface area contributed by atoms with E-state index in [4.69, 9.17) is 16.3 Å². The van der Waals surface area contributed by atoms with Crippen molar-refractivity contribution in [3.05, 3.63) is 125 Å². The van der Waals surface area contributed by atoms with Gasteiger partial charge in [-0.1, -0.05) is 77.8 Å². The molecule has 0 spiro atoms. The number of amides is 2. The van der Waals surface area contributed by atoms with Crippen LogP contribution in [-0.2, 0) is 32.6 Å². The Labute approximate surface area is 270 Å². The third-order valence-corrected chi connectivity index (χ3v) is 9.40. The predicted octanol–water partition coefficient (Wildman–Crippen LogP) is 6.02. The minimum Gasteiger partial charge on any atom is -0.494 e. The number of benzene rings is 4. The lowest BCUT2D eigenvalue weighted by atomic mass is 10.0. The fourth-order valence-corrected chi connectivity index (χ4v) is 6.51. The molecule has 4 rings (SSSR count). The number of ether oxygens (including phenoxy) is 1. The van der Waals surface area contributed by atoms with Gasteiger partial charge in [-0.25, -0.2) is 8.42 Å². The largest absolute Gasteiger partial charge is 0.494 e. The monoisotopic (exact) mass is 647 g/mol. The molecule has 0 aliphatic carbocycles. The van der Waals surface area contributed by atoms with Crippen LogP contribution in [0.5, 0.6) is 5.75 Å². The Kier molecular flexibility index (Phi) is 11.6. The molecule has 0 fully saturated rings. The molecule has 1 N–H and O–H groups in total. The molecule has 1 atom stereocenters. The summed E-state index contributed by atoms with van der Waals surface area (Å²) in [6, 6.07) is 28.5. The molecule has 10 heteroatoms. The maximum atomic E-state index is 14.5. The van der Waals surface area contributed by atoms with Crippen molar-refractivity contribution in [1.29, 1.82) is 0 Å². The van der Waals surface area contributed by atoms with E-state index < -0.39 is 28.5 Å². The summed E-state index contributed by atoms with van der Waals surface area (Å²) in [6.07, 6.45) is 0.219. The highest BCUT2D eigenvalue weighted by molar-refractivity contribution is 7.92. The van der Waals surface area contributed by atoms with Gasteiger partial charge in [0.15, 0.2) is 0 Å². The van der Waals surface area contributed by atoms with E-state index in [0.717, 1.165) is 15.4 Å². The standard InChI is InChI=1S/C35H38ClN3O5S/c1-4-37-35(41)33(23-27-11-7-6-8-12-27)38(24-28-13-9-10-14-32(28)36)34(40)25-39(29-17-19-30(20-18-29)44-5-2)45(42,43)31-21-15-26(3)16-22-31/h6-22,33H,4-5,23-25H2,1-3H3,(H,37,41). The van der Waals surface area contributed by atoms with Gasteiger partial charge in [-0.2, -0.15) is 0 Å². The molecule has 4 aromatic carbocycles. The Hall–Kier alpha value is -4.34. The Morgan fingerprint density at radius 3 is 2.13 bits per heavy atom. The number of rotatable bonds is 14. The third-order valence-electron chi connectivity index (χ3n) is 7.24. The van der Waals surface area contributed by atoms with Gasteiger partial charge in [0, 0.05) is 24.5 Å². The molecule has 0 aromatic heterocycles. The molecule has 4 aromatic rings. The fraction of sp³-hybridized carbons (Fsp3) is 0.257. The normalized spacial score (nSPS) is 11.8. The van der Waals surface area contributed by atoms with Crippen molar-refractivity contribution in [1.82, 2.24) is 10.2 Å². The van der Waals surface area contributed by atoms with Crippen molar-refractivity contribution in [2.75, 3.05) is 24.0 Å². The van der Waals surface area contributed by atoms with Crippen molar-refractivity contribution in [3.8, 4) is 5.75 Å². The second-order valence-electron chi connectivity index (χ2n) is 10.5. The zero-order chi connectivity index (χ0) is 32.4. The molecular formula is C35H38ClN3O5S. The number of hydrogen-bond donors (Lipinski definition) is 1. The number of carbonyl (C=O) groups excluding carboxylic acids is 2. The predicted molar refractivity (Wildman–Crippen MR) is 178 cm³/mol. The molecule has 45 heavy (non-hydrogen) atoms. The highest BCUT2D eigenvalue weighted by atomic mass is 35.5. The number of nitrogens with one attached hydrogen (secondary N) is 1. The first kappa shape index (κ1) is 33.6. The molecule has 236 valence electrons. The van der Waals surface area contributed by atoms with E-state index in [1.807, 2.05) is 44.2 Å². The van der Waals surface area contributed by atoms with Crippen LogP contribution in [0.1, 0.15) is 30.5 Å². The van der Waals surface area contributed by atoms with E-state index in [2.05, 4.69) is 5.32 Å². The van der Waals surface area contributed by atoms with E-state index in [1.165, 1.54) is 17.0 Å². The van der Waals surface area contributed by atoms with Gasteiger partial charge in [0.2, 0.25) is 11.8 Å². The summed E-state index contributed by atoms with van der Waals surface area (Å²) < 4.78 is 34.9. The average molecular weight is 648 g/mol. The topological polar surface area (TPSA) is 96.0 Å². The van der Waals surface area contributed by atoms with Crippen LogP contribution in [0.25, 0.3) is 0 Å². The van der Waals surface area contributed by atoms with Crippen molar-refractivity contribution in [2.24, 2.45) is 0 Å². The van der Waals surface area contributed by atoms with E-state index >= 15 is 0 Å². The number of likely N-dealkylation sites (N-methyl/N-ethyl adjacent to an activating group) is 1. The lowest BCUT2D eigenvalue weighted by molar-refractivity contribution is -0.140. The van der Waals surface area contributed by atoms with Crippen LogP contribution in [0.4, 0.5) is 5.69 Å². The molecule has 0 aliphatic rings. The quantitative estimate of drug-likeness (QED) is 0.181. The smallest absolute Gasteiger partial charge is 0.264 e. The highest BCUT2D eigenvalue weighted by Crippen LogP contribution is 2.28. The van der Waals surface area contributed by atoms with Crippen LogP contribution >= 0.6 is 11.6 Å². The summed E-state index contributed by atoms with van der Waals surface area (Å²) in [5.41, 5.74) is 2.65. The Morgan fingerprint density at radius 1 is 0.867 bits per heavy atom. The van der Waals surface area contributed by atoms with Gasteiger partial charge < -0.3 is 15.0 Å². The Balaban J connectivity index is 1.80. The highest BCUT2D eigenvalue weighted by Gasteiger charge is 2.34. The molecule has 0 saturated carbocycles. The summed E-state index contributed by atoms with van der Waals surface area (Å²) in [6.45, 7) is 5.77. The number of sulfonamides is 1. The minimum atomic E-state index is -4.20. The van der Waals surface area contributed by atoms with E-state index in [9.17, 15) is 18.0 Å². The summed E-state index contributed by atoms with van der Waals surface area (Å²) in [7, 11) is -4.20. The maximum absolute atomic E-state index is 14.5. The van der Waals surface area contributed by atoms with Crippen LogP contribution in [0.3, 0.4) is 0 Å². The van der Waals surface area contributed by atoms with E-state index in [-0.39, 0.29) is 29.5 Å². The first-order valence-corrected chi connectivity index (χ1v) is 16.6. The van der Waals surface area contributed by atoms with Gasteiger partial charge in [0.05, 0.1) is 17.2 Å². The van der Waals surface area contributed by atoms with Crippen molar-refractivity contribution < 1.29 is 22.7 Å². The average Bonchev–Trinajstić information content (AvgIpc) is 3.03. The summed E-state index contributed by atoms with van der Waals surface area (Å²) in [4.78, 5) is 29.5. The number of carbonyl (C=O) groups is 2. The van der Waals surface area contributed by atoms with Crippen molar-refractivity contribution in [3.63, 3.8) is 0 Å². The molecule has 0 heterocycles. The molecule has 0 radical (unpaired) electrons. The lowest BCUT2D eigenvalue weighted by Crippen LogP contribution is -2.53. The molecule has 8 nitrogen and oxygen atoms in total. The molecule has 2 amide bonds. The number of aryl methyl sites for hydroxylation is 1. The summed E-state index contributed by atoms with van der Waals surface area (Å²) in [5.74, 6) is -0.345. The fourth-order valence-electron chi connectivity index (χ4n) is 4.90.